The van der Waals surface area contributed by atoms with Crippen LogP contribution in [0.25, 0.3) is 5.57 Å². The summed E-state index contributed by atoms with van der Waals surface area (Å²) in [5, 5.41) is 18.4. The van der Waals surface area contributed by atoms with Gasteiger partial charge in [0.1, 0.15) is 17.7 Å². The van der Waals surface area contributed by atoms with Gasteiger partial charge in [0.2, 0.25) is 0 Å². The van der Waals surface area contributed by atoms with Gasteiger partial charge in [-0.25, -0.2) is 12.4 Å². The van der Waals surface area contributed by atoms with Gasteiger partial charge in [-0.1, -0.05) is 17.7 Å². The summed E-state index contributed by atoms with van der Waals surface area (Å²) in [5.41, 5.74) is 3.64. The van der Waals surface area contributed by atoms with Crippen molar-refractivity contribution in [2.45, 2.75) is 38.0 Å². The average Bonchev–Trinajstić information content (AvgIpc) is 2.93. The van der Waals surface area contributed by atoms with Crippen molar-refractivity contribution in [2.24, 2.45) is 0 Å². The van der Waals surface area contributed by atoms with Crippen molar-refractivity contribution >= 4 is 15.6 Å². The van der Waals surface area contributed by atoms with Gasteiger partial charge in [0.05, 0.1) is 4.90 Å². The van der Waals surface area contributed by atoms with Crippen molar-refractivity contribution in [3.63, 3.8) is 0 Å². The molecule has 0 aliphatic heterocycles. The molecular weight excluding hydrogens is 334 g/mol. The Kier molecular flexibility index (Phi) is 4.24. The molecule has 0 bridgehead atoms. The van der Waals surface area contributed by atoms with Crippen LogP contribution in [0, 0.1) is 36.5 Å². The third-order valence-corrected chi connectivity index (χ3v) is 6.34. The van der Waals surface area contributed by atoms with Crippen LogP contribution in [0.3, 0.4) is 0 Å². The highest BCUT2D eigenvalue weighted by molar-refractivity contribution is 7.90. The first-order valence-electron chi connectivity index (χ1n) is 7.97. The maximum absolute atomic E-state index is 13.1. The van der Waals surface area contributed by atoms with E-state index in [9.17, 15) is 18.9 Å². The Balaban J connectivity index is 2.25. The van der Waals surface area contributed by atoms with Crippen LogP contribution in [-0.2, 0) is 16.4 Å². The van der Waals surface area contributed by atoms with E-state index in [1.165, 1.54) is 3.97 Å². The number of rotatable bonds is 2. The van der Waals surface area contributed by atoms with Gasteiger partial charge in [0, 0.05) is 17.0 Å². The zero-order chi connectivity index (χ0) is 18.2. The highest BCUT2D eigenvalue weighted by atomic mass is 32.2. The van der Waals surface area contributed by atoms with Crippen LogP contribution < -0.4 is 0 Å². The predicted molar refractivity (Wildman–Crippen MR) is 94.0 cm³/mol. The van der Waals surface area contributed by atoms with E-state index in [0.717, 1.165) is 5.56 Å². The largest absolute Gasteiger partial charge is 0.268 e. The van der Waals surface area contributed by atoms with Crippen LogP contribution in [0.4, 0.5) is 0 Å². The fourth-order valence-corrected chi connectivity index (χ4v) is 4.91. The van der Waals surface area contributed by atoms with Crippen molar-refractivity contribution < 1.29 is 8.42 Å². The van der Waals surface area contributed by atoms with Crippen LogP contribution >= 0.6 is 0 Å². The van der Waals surface area contributed by atoms with Gasteiger partial charge in [-0.15, -0.1) is 0 Å². The standard InChI is InChI=1S/C19H17N3O2S/c1-13-6-8-16(9-7-13)25(23,24)22-14(2)10-18-17(15(11-20)12-21)4-3-5-19(18)22/h6-10H,3-5H2,1-2H3. The third-order valence-electron chi connectivity index (χ3n) is 4.48. The number of nitrogens with zero attached hydrogens (tertiary/aromatic N) is 3. The number of nitriles is 2. The van der Waals surface area contributed by atoms with E-state index in [0.29, 0.717) is 41.8 Å². The summed E-state index contributed by atoms with van der Waals surface area (Å²) < 4.78 is 27.6. The fourth-order valence-electron chi connectivity index (χ4n) is 3.31. The molecule has 0 unspecified atom stereocenters. The van der Waals surface area contributed by atoms with Crippen molar-refractivity contribution in [2.75, 3.05) is 0 Å². The summed E-state index contributed by atoms with van der Waals surface area (Å²) in [6, 6.07) is 12.4. The van der Waals surface area contributed by atoms with E-state index in [1.807, 2.05) is 19.1 Å². The molecule has 25 heavy (non-hydrogen) atoms. The second-order valence-corrected chi connectivity index (χ2v) is 7.95. The molecule has 1 heterocycles. The molecule has 0 N–H and O–H groups in total. The second-order valence-electron chi connectivity index (χ2n) is 6.16. The van der Waals surface area contributed by atoms with Gasteiger partial charge in [0.25, 0.3) is 10.0 Å². The molecule has 1 aliphatic rings. The molecule has 2 aromatic rings. The van der Waals surface area contributed by atoms with E-state index < -0.39 is 10.0 Å². The Bertz CT molecular complexity index is 1040. The second kappa shape index (κ2) is 6.23. The van der Waals surface area contributed by atoms with Crippen molar-refractivity contribution in [3.8, 4) is 12.1 Å². The van der Waals surface area contributed by atoms with Gasteiger partial charge in [-0.2, -0.15) is 10.5 Å². The molecule has 5 nitrogen and oxygen atoms in total. The molecule has 0 saturated heterocycles. The van der Waals surface area contributed by atoms with Crippen LogP contribution in [0.2, 0.25) is 0 Å². The summed E-state index contributed by atoms with van der Waals surface area (Å²) in [7, 11) is -3.72. The maximum Gasteiger partial charge on any atom is 0.268 e. The SMILES string of the molecule is Cc1ccc(S(=O)(=O)n2c(C)cc3c2CCCC3=C(C#N)C#N)cc1. The molecule has 0 saturated carbocycles. The molecule has 126 valence electrons. The Hall–Kier alpha value is -2.83. The lowest BCUT2D eigenvalue weighted by Gasteiger charge is -2.19. The lowest BCUT2D eigenvalue weighted by atomic mass is 9.89. The average molecular weight is 351 g/mol. The van der Waals surface area contributed by atoms with Crippen LogP contribution in [0.5, 0.6) is 0 Å². The van der Waals surface area contributed by atoms with E-state index >= 15 is 0 Å². The van der Waals surface area contributed by atoms with Crippen LogP contribution in [0.1, 0.15) is 35.4 Å². The number of hydrogen-bond donors (Lipinski definition) is 0. The maximum atomic E-state index is 13.1. The Morgan fingerprint density at radius 2 is 1.72 bits per heavy atom. The zero-order valence-electron chi connectivity index (χ0n) is 14.1. The molecule has 0 amide bonds. The quantitative estimate of drug-likeness (QED) is 0.775. The topological polar surface area (TPSA) is 86.7 Å². The van der Waals surface area contributed by atoms with Gasteiger partial charge < -0.3 is 0 Å². The van der Waals surface area contributed by atoms with E-state index in [2.05, 4.69) is 0 Å². The zero-order valence-corrected chi connectivity index (χ0v) is 14.9. The number of aryl methyl sites for hydroxylation is 2. The molecular formula is C19H17N3O2S. The molecule has 3 rings (SSSR count). The molecule has 6 heteroatoms. The lowest BCUT2D eigenvalue weighted by molar-refractivity contribution is 0.582. The van der Waals surface area contributed by atoms with Gasteiger partial charge in [0.15, 0.2) is 0 Å². The minimum absolute atomic E-state index is 0.0610. The molecule has 0 atom stereocenters. The molecule has 1 aromatic carbocycles. The molecule has 0 fully saturated rings. The summed E-state index contributed by atoms with van der Waals surface area (Å²) in [6.45, 7) is 3.64. The molecule has 1 aromatic heterocycles. The number of hydrogen-bond acceptors (Lipinski definition) is 4. The molecule has 0 radical (unpaired) electrons. The smallest absolute Gasteiger partial charge is 0.242 e. The number of allylic oxidation sites excluding steroid dienone is 2. The highest BCUT2D eigenvalue weighted by Gasteiger charge is 2.29. The predicted octanol–water partition coefficient (Wildman–Crippen LogP) is 3.48. The van der Waals surface area contributed by atoms with Crippen molar-refractivity contribution in [3.05, 3.63) is 58.4 Å². The number of fused-ring (bicyclic) bond motifs is 1. The highest BCUT2D eigenvalue weighted by Crippen LogP contribution is 2.36. The first kappa shape index (κ1) is 17.0. The summed E-state index contributed by atoms with van der Waals surface area (Å²) in [4.78, 5) is 0.233. The molecule has 0 spiro atoms. The van der Waals surface area contributed by atoms with E-state index in [4.69, 9.17) is 0 Å². The van der Waals surface area contributed by atoms with Gasteiger partial charge >= 0.3 is 0 Å². The Morgan fingerprint density at radius 3 is 2.32 bits per heavy atom. The Labute approximate surface area is 147 Å². The van der Waals surface area contributed by atoms with Crippen LogP contribution in [0.15, 0.2) is 40.8 Å². The minimum Gasteiger partial charge on any atom is -0.242 e. The van der Waals surface area contributed by atoms with Gasteiger partial charge in [-0.05, 0) is 56.9 Å². The summed E-state index contributed by atoms with van der Waals surface area (Å²) >= 11 is 0. The first-order valence-corrected chi connectivity index (χ1v) is 9.41. The Morgan fingerprint density at radius 1 is 1.08 bits per heavy atom. The number of aromatic nitrogens is 1. The van der Waals surface area contributed by atoms with E-state index in [-0.39, 0.29) is 10.5 Å². The van der Waals surface area contributed by atoms with Crippen molar-refractivity contribution in [1.82, 2.24) is 3.97 Å². The minimum atomic E-state index is -3.72. The fraction of sp³-hybridized carbons (Fsp3) is 0.263. The van der Waals surface area contributed by atoms with Gasteiger partial charge in [-0.3, -0.25) is 0 Å². The van der Waals surface area contributed by atoms with Crippen LogP contribution in [-0.4, -0.2) is 12.4 Å². The normalized spacial score (nSPS) is 13.7. The van der Waals surface area contributed by atoms with E-state index in [1.54, 1.807) is 37.3 Å². The summed E-state index contributed by atoms with van der Waals surface area (Å²) in [5.74, 6) is 0. The van der Waals surface area contributed by atoms with Crippen molar-refractivity contribution in [1.29, 1.82) is 10.5 Å². The lowest BCUT2D eigenvalue weighted by Crippen LogP contribution is -2.19. The number of benzene rings is 1. The first-order chi connectivity index (χ1) is 11.9. The summed E-state index contributed by atoms with van der Waals surface area (Å²) in [6.07, 6.45) is 1.92. The molecule has 1 aliphatic carbocycles. The monoisotopic (exact) mass is 351 g/mol. The third kappa shape index (κ3) is 2.75.